The van der Waals surface area contributed by atoms with Gasteiger partial charge in [-0.1, -0.05) is 5.21 Å². The molecule has 1 aromatic rings. The van der Waals surface area contributed by atoms with E-state index in [0.717, 1.165) is 5.69 Å². The lowest BCUT2D eigenvalue weighted by atomic mass is 10.3. The highest BCUT2D eigenvalue weighted by atomic mass is 19.5. The van der Waals surface area contributed by atoms with Crippen molar-refractivity contribution in [2.24, 2.45) is 7.05 Å². The quantitative estimate of drug-likeness (QED) is 0.467. The maximum absolute atomic E-state index is 9.75. The second-order valence-electron chi connectivity index (χ2n) is 2.99. The van der Waals surface area contributed by atoms with E-state index in [1.165, 1.54) is 0 Å². The molecule has 1 rings (SSSR count). The van der Waals surface area contributed by atoms with Crippen LogP contribution in [0.5, 0.6) is 0 Å². The SMILES string of the molecule is COC(C)OCc1cn(C)nn1.F[B-](F)(F)F. The Kier molecular flexibility index (Phi) is 6.73. The fraction of sp³-hybridized carbons (Fsp3) is 0.714. The van der Waals surface area contributed by atoms with Crippen LogP contribution in [0.3, 0.4) is 0 Å². The molecule has 17 heavy (non-hydrogen) atoms. The molecule has 1 heterocycles. The van der Waals surface area contributed by atoms with Crippen LogP contribution >= 0.6 is 0 Å². The zero-order valence-electron chi connectivity index (χ0n) is 9.61. The third-order valence-electron chi connectivity index (χ3n) is 1.45. The van der Waals surface area contributed by atoms with Crippen molar-refractivity contribution in [3.63, 3.8) is 0 Å². The van der Waals surface area contributed by atoms with Crippen LogP contribution in [0.4, 0.5) is 17.3 Å². The average molecular weight is 258 g/mol. The number of nitrogens with zero attached hydrogens (tertiary/aromatic N) is 3. The summed E-state index contributed by atoms with van der Waals surface area (Å²) in [5, 5.41) is 7.62. The first-order valence-corrected chi connectivity index (χ1v) is 4.59. The molecule has 0 aliphatic carbocycles. The minimum absolute atomic E-state index is 0.202. The van der Waals surface area contributed by atoms with Crippen LogP contribution in [0.1, 0.15) is 12.6 Å². The lowest BCUT2D eigenvalue weighted by Crippen LogP contribution is -2.09. The zero-order valence-corrected chi connectivity index (χ0v) is 9.61. The minimum atomic E-state index is -6.00. The number of aryl methyl sites for hydroxylation is 1. The molecular weight excluding hydrogens is 245 g/mol. The standard InChI is InChI=1S/C7H13N3O2.BF4/c1-6(11-3)12-5-7-4-10(2)9-8-7;2-1(3,4)5/h4,6H,5H2,1-3H3;/q;-1. The number of hydrogen-bond acceptors (Lipinski definition) is 4. The zero-order chi connectivity index (χ0) is 13.5. The molecule has 0 saturated heterocycles. The maximum atomic E-state index is 9.75. The summed E-state index contributed by atoms with van der Waals surface area (Å²) >= 11 is 0. The molecule has 0 aromatic carbocycles. The molecule has 0 spiro atoms. The monoisotopic (exact) mass is 258 g/mol. The van der Waals surface area contributed by atoms with Gasteiger partial charge in [0.25, 0.3) is 0 Å². The van der Waals surface area contributed by atoms with Crippen molar-refractivity contribution in [3.8, 4) is 0 Å². The Hall–Kier alpha value is -1.16. The molecule has 0 radical (unpaired) electrons. The number of halogens is 4. The Morgan fingerprint density at radius 3 is 2.29 bits per heavy atom. The van der Waals surface area contributed by atoms with Gasteiger partial charge < -0.3 is 26.7 Å². The highest BCUT2D eigenvalue weighted by molar-refractivity contribution is 6.50. The van der Waals surface area contributed by atoms with E-state index in [4.69, 9.17) is 9.47 Å². The van der Waals surface area contributed by atoms with Crippen LogP contribution in [-0.4, -0.2) is 35.6 Å². The Bertz CT molecular complexity index is 314. The van der Waals surface area contributed by atoms with E-state index in [9.17, 15) is 17.3 Å². The molecule has 0 aliphatic rings. The average Bonchev–Trinajstić information content (AvgIpc) is 2.58. The van der Waals surface area contributed by atoms with E-state index >= 15 is 0 Å². The van der Waals surface area contributed by atoms with E-state index in [-0.39, 0.29) is 6.29 Å². The normalized spacial score (nSPS) is 12.9. The van der Waals surface area contributed by atoms with E-state index in [2.05, 4.69) is 10.3 Å². The van der Waals surface area contributed by atoms with Gasteiger partial charge >= 0.3 is 7.25 Å². The molecule has 0 saturated carbocycles. The molecule has 100 valence electrons. The molecular formula is C7H13BF4N3O2-. The second-order valence-corrected chi connectivity index (χ2v) is 2.99. The third kappa shape index (κ3) is 11.1. The van der Waals surface area contributed by atoms with Gasteiger partial charge in [-0.15, -0.1) is 5.10 Å². The molecule has 10 heteroatoms. The fourth-order valence-electron chi connectivity index (χ4n) is 0.732. The number of ether oxygens (including phenoxy) is 2. The van der Waals surface area contributed by atoms with Gasteiger partial charge in [0.2, 0.25) is 0 Å². The lowest BCUT2D eigenvalue weighted by Gasteiger charge is -2.08. The van der Waals surface area contributed by atoms with Gasteiger partial charge in [-0.3, -0.25) is 4.68 Å². The first kappa shape index (κ1) is 15.8. The highest BCUT2D eigenvalue weighted by Crippen LogP contribution is 2.06. The summed E-state index contributed by atoms with van der Waals surface area (Å²) in [5.74, 6) is 0. The van der Waals surface area contributed by atoms with Gasteiger partial charge in [-0.25, -0.2) is 0 Å². The number of aromatic nitrogens is 3. The van der Waals surface area contributed by atoms with Gasteiger partial charge in [-0.2, -0.15) is 0 Å². The van der Waals surface area contributed by atoms with Crippen LogP contribution < -0.4 is 0 Å². The molecule has 5 nitrogen and oxygen atoms in total. The predicted molar refractivity (Wildman–Crippen MR) is 52.4 cm³/mol. The van der Waals surface area contributed by atoms with Crippen molar-refractivity contribution in [1.82, 2.24) is 15.0 Å². The Morgan fingerprint density at radius 2 is 1.94 bits per heavy atom. The summed E-state index contributed by atoms with van der Waals surface area (Å²) in [6, 6.07) is 0. The van der Waals surface area contributed by atoms with E-state index in [1.54, 1.807) is 11.8 Å². The van der Waals surface area contributed by atoms with Crippen molar-refractivity contribution >= 4 is 7.25 Å². The summed E-state index contributed by atoms with van der Waals surface area (Å²) in [6.45, 7) is 2.26. The molecule has 1 aromatic heterocycles. The number of hydrogen-bond donors (Lipinski definition) is 0. The Balaban J connectivity index is 0.000000437. The Labute approximate surface area is 95.8 Å². The van der Waals surface area contributed by atoms with Crippen LogP contribution in [0.15, 0.2) is 6.20 Å². The van der Waals surface area contributed by atoms with Gasteiger partial charge in [0.05, 0.1) is 12.8 Å². The van der Waals surface area contributed by atoms with Crippen LogP contribution in [0.25, 0.3) is 0 Å². The summed E-state index contributed by atoms with van der Waals surface area (Å²) in [5.41, 5.74) is 0.807. The van der Waals surface area contributed by atoms with Crippen LogP contribution in [0, 0.1) is 0 Å². The van der Waals surface area contributed by atoms with Gasteiger partial charge in [0.1, 0.15) is 5.69 Å². The van der Waals surface area contributed by atoms with Gasteiger partial charge in [-0.05, 0) is 6.92 Å². The van der Waals surface area contributed by atoms with Crippen LogP contribution in [0.2, 0.25) is 0 Å². The second kappa shape index (κ2) is 7.23. The van der Waals surface area contributed by atoms with Crippen LogP contribution in [-0.2, 0) is 23.1 Å². The molecule has 0 bridgehead atoms. The Morgan fingerprint density at radius 1 is 1.41 bits per heavy atom. The summed E-state index contributed by atoms with van der Waals surface area (Å²) < 4.78 is 50.8. The van der Waals surface area contributed by atoms with Crippen molar-refractivity contribution in [3.05, 3.63) is 11.9 Å². The molecule has 0 amide bonds. The van der Waals surface area contributed by atoms with Gasteiger partial charge in [0.15, 0.2) is 6.29 Å². The first-order chi connectivity index (χ1) is 7.72. The van der Waals surface area contributed by atoms with Crippen molar-refractivity contribution in [2.75, 3.05) is 7.11 Å². The number of methoxy groups -OCH3 is 1. The molecule has 1 atom stereocenters. The summed E-state index contributed by atoms with van der Waals surface area (Å²) in [6.07, 6.45) is 1.61. The van der Waals surface area contributed by atoms with E-state index in [0.29, 0.717) is 6.61 Å². The van der Waals surface area contributed by atoms with Crippen molar-refractivity contribution in [2.45, 2.75) is 19.8 Å². The predicted octanol–water partition coefficient (Wildman–Crippen LogP) is 1.62. The van der Waals surface area contributed by atoms with E-state index < -0.39 is 7.25 Å². The molecule has 0 aliphatic heterocycles. The number of rotatable bonds is 4. The molecule has 0 fully saturated rings. The highest BCUT2D eigenvalue weighted by Gasteiger charge is 2.20. The maximum Gasteiger partial charge on any atom is 0.673 e. The summed E-state index contributed by atoms with van der Waals surface area (Å²) in [7, 11) is -2.59. The van der Waals surface area contributed by atoms with Gasteiger partial charge in [0, 0.05) is 14.2 Å². The first-order valence-electron chi connectivity index (χ1n) is 4.59. The fourth-order valence-corrected chi connectivity index (χ4v) is 0.732. The van der Waals surface area contributed by atoms with Crippen molar-refractivity contribution < 1.29 is 26.7 Å². The largest absolute Gasteiger partial charge is 0.673 e. The molecule has 0 N–H and O–H groups in total. The third-order valence-corrected chi connectivity index (χ3v) is 1.45. The lowest BCUT2D eigenvalue weighted by molar-refractivity contribution is -0.119. The topological polar surface area (TPSA) is 49.2 Å². The van der Waals surface area contributed by atoms with E-state index in [1.807, 2.05) is 20.2 Å². The minimum Gasteiger partial charge on any atom is -0.418 e. The van der Waals surface area contributed by atoms with Crippen molar-refractivity contribution in [1.29, 1.82) is 0 Å². The smallest absolute Gasteiger partial charge is 0.418 e. The summed E-state index contributed by atoms with van der Waals surface area (Å²) in [4.78, 5) is 0. The molecule has 1 unspecified atom stereocenters.